The second-order valence-electron chi connectivity index (χ2n) is 7.72. The topological polar surface area (TPSA) is 69.7 Å². The highest BCUT2D eigenvalue weighted by Crippen LogP contribution is 2.35. The second-order valence-corrected chi connectivity index (χ2v) is 7.72. The van der Waals surface area contributed by atoms with Gasteiger partial charge in [-0.1, -0.05) is 63.2 Å². The lowest BCUT2D eigenvalue weighted by Gasteiger charge is -2.21. The van der Waals surface area contributed by atoms with Crippen molar-refractivity contribution < 1.29 is 23.9 Å². The zero-order chi connectivity index (χ0) is 21.7. The summed E-state index contributed by atoms with van der Waals surface area (Å²) in [5.41, 5.74) is -0.0429. The summed E-state index contributed by atoms with van der Waals surface area (Å²) >= 11 is 0. The summed E-state index contributed by atoms with van der Waals surface area (Å²) in [6, 6.07) is 21.5. The molecule has 0 saturated carbocycles. The Hall–Kier alpha value is -3.73. The van der Waals surface area contributed by atoms with Crippen LogP contribution in [0.15, 0.2) is 78.9 Å². The Kier molecular flexibility index (Phi) is 6.11. The maximum Gasteiger partial charge on any atom is 0.343 e. The number of ether oxygens (including phenoxy) is 2. The largest absolute Gasteiger partial charge is 0.422 e. The first kappa shape index (κ1) is 21.0. The van der Waals surface area contributed by atoms with Crippen LogP contribution in [0, 0.1) is 5.41 Å². The van der Waals surface area contributed by atoms with Gasteiger partial charge in [-0.3, -0.25) is 4.79 Å². The molecule has 0 fully saturated rings. The first-order chi connectivity index (χ1) is 14.3. The van der Waals surface area contributed by atoms with Crippen LogP contribution in [0.2, 0.25) is 0 Å². The van der Waals surface area contributed by atoms with Gasteiger partial charge < -0.3 is 9.47 Å². The fraction of sp³-hybridized carbons (Fsp3) is 0.160. The van der Waals surface area contributed by atoms with Crippen molar-refractivity contribution in [2.24, 2.45) is 5.41 Å². The molecular weight excluding hydrogens is 380 g/mol. The normalized spacial score (nSPS) is 10.9. The Bertz CT molecular complexity index is 992. The summed E-state index contributed by atoms with van der Waals surface area (Å²) in [5.74, 6) is -1.44. The molecule has 30 heavy (non-hydrogen) atoms. The average molecular weight is 402 g/mol. The van der Waals surface area contributed by atoms with Gasteiger partial charge in [-0.2, -0.15) is 0 Å². The van der Waals surface area contributed by atoms with Crippen LogP contribution in [-0.4, -0.2) is 17.7 Å². The molecule has 3 rings (SSSR count). The summed E-state index contributed by atoms with van der Waals surface area (Å²) in [4.78, 5) is 38.3. The van der Waals surface area contributed by atoms with Gasteiger partial charge in [-0.05, 0) is 36.4 Å². The number of Topliss-reactive ketones (excluding diaryl/α,β-unsaturated/α-hetero) is 1. The van der Waals surface area contributed by atoms with E-state index in [2.05, 4.69) is 0 Å². The predicted octanol–water partition coefficient (Wildman–Crippen LogP) is 5.35. The van der Waals surface area contributed by atoms with Gasteiger partial charge in [0.15, 0.2) is 5.78 Å². The molecule has 0 N–H and O–H groups in total. The van der Waals surface area contributed by atoms with Crippen molar-refractivity contribution in [2.75, 3.05) is 0 Å². The number of carbonyl (C=O) groups is 3. The van der Waals surface area contributed by atoms with E-state index in [-0.39, 0.29) is 22.8 Å². The van der Waals surface area contributed by atoms with Crippen molar-refractivity contribution in [3.63, 3.8) is 0 Å². The van der Waals surface area contributed by atoms with E-state index in [9.17, 15) is 14.4 Å². The molecule has 0 saturated heterocycles. The fourth-order valence-electron chi connectivity index (χ4n) is 2.75. The standard InChI is InChI=1S/C25H22O5/c1-25(2,3)22(26)21-19(29-23(27)17-11-6-4-7-12-17)15-10-16-20(21)30-24(28)18-13-8-5-9-14-18/h4-16H,1-3H3. The highest BCUT2D eigenvalue weighted by Gasteiger charge is 2.31. The Morgan fingerprint density at radius 1 is 0.600 bits per heavy atom. The Balaban J connectivity index is 2.00. The Labute approximate surface area is 175 Å². The van der Waals surface area contributed by atoms with Crippen molar-refractivity contribution in [1.82, 2.24) is 0 Å². The lowest BCUT2D eigenvalue weighted by molar-refractivity contribution is 0.0721. The minimum atomic E-state index is -0.789. The van der Waals surface area contributed by atoms with E-state index in [1.165, 1.54) is 12.1 Å². The Morgan fingerprint density at radius 3 is 1.37 bits per heavy atom. The number of carbonyl (C=O) groups excluding carboxylic acids is 3. The maximum absolute atomic E-state index is 13.2. The minimum Gasteiger partial charge on any atom is -0.422 e. The van der Waals surface area contributed by atoms with Gasteiger partial charge in [0.25, 0.3) is 0 Å². The van der Waals surface area contributed by atoms with Gasteiger partial charge >= 0.3 is 11.9 Å². The Morgan fingerprint density at radius 2 is 1.00 bits per heavy atom. The molecule has 0 unspecified atom stereocenters. The molecule has 0 heterocycles. The lowest BCUT2D eigenvalue weighted by atomic mass is 9.85. The lowest BCUT2D eigenvalue weighted by Crippen LogP contribution is -2.23. The van der Waals surface area contributed by atoms with Crippen LogP contribution in [0.1, 0.15) is 51.8 Å². The van der Waals surface area contributed by atoms with Gasteiger partial charge in [-0.15, -0.1) is 0 Å². The summed E-state index contributed by atoms with van der Waals surface area (Å²) in [6.07, 6.45) is 0. The van der Waals surface area contributed by atoms with Crippen molar-refractivity contribution in [3.8, 4) is 11.5 Å². The monoisotopic (exact) mass is 402 g/mol. The molecule has 0 aromatic heterocycles. The number of ketones is 1. The SMILES string of the molecule is CC(C)(C)C(=O)c1c(OC(=O)c2ccccc2)cccc1OC(=O)c1ccccc1. The molecule has 0 spiro atoms. The highest BCUT2D eigenvalue weighted by atomic mass is 16.5. The number of hydrogen-bond donors (Lipinski definition) is 0. The molecular formula is C25H22O5. The van der Waals surface area contributed by atoms with Gasteiger partial charge in [0.1, 0.15) is 17.1 Å². The van der Waals surface area contributed by atoms with Crippen LogP contribution < -0.4 is 9.47 Å². The third kappa shape index (κ3) is 4.81. The molecule has 0 aliphatic heterocycles. The molecule has 0 aliphatic rings. The average Bonchev–Trinajstić information content (AvgIpc) is 2.74. The van der Waals surface area contributed by atoms with Crippen LogP contribution in [0.25, 0.3) is 0 Å². The summed E-state index contributed by atoms with van der Waals surface area (Å²) < 4.78 is 11.0. The van der Waals surface area contributed by atoms with Crippen LogP contribution in [0.3, 0.4) is 0 Å². The highest BCUT2D eigenvalue weighted by molar-refractivity contribution is 6.06. The number of rotatable bonds is 5. The predicted molar refractivity (Wildman–Crippen MR) is 113 cm³/mol. The van der Waals surface area contributed by atoms with E-state index in [1.807, 2.05) is 0 Å². The molecule has 0 bridgehead atoms. The summed E-state index contributed by atoms with van der Waals surface area (Å²) in [5, 5.41) is 0. The fourth-order valence-corrected chi connectivity index (χ4v) is 2.75. The van der Waals surface area contributed by atoms with Crippen LogP contribution >= 0.6 is 0 Å². The zero-order valence-electron chi connectivity index (χ0n) is 17.0. The molecule has 3 aromatic rings. The molecule has 0 amide bonds. The van der Waals surface area contributed by atoms with E-state index in [0.29, 0.717) is 11.1 Å². The number of hydrogen-bond acceptors (Lipinski definition) is 5. The van der Waals surface area contributed by atoms with E-state index in [1.54, 1.807) is 87.5 Å². The molecule has 5 nitrogen and oxygen atoms in total. The minimum absolute atomic E-state index is 0.0436. The molecule has 0 radical (unpaired) electrons. The van der Waals surface area contributed by atoms with Crippen molar-refractivity contribution in [2.45, 2.75) is 20.8 Å². The zero-order valence-corrected chi connectivity index (χ0v) is 17.0. The van der Waals surface area contributed by atoms with Crippen LogP contribution in [0.4, 0.5) is 0 Å². The van der Waals surface area contributed by atoms with Crippen molar-refractivity contribution in [3.05, 3.63) is 95.6 Å². The summed E-state index contributed by atoms with van der Waals surface area (Å²) in [6.45, 7) is 5.23. The van der Waals surface area contributed by atoms with Crippen molar-refractivity contribution >= 4 is 17.7 Å². The molecule has 0 aliphatic carbocycles. The molecule has 152 valence electrons. The molecule has 5 heteroatoms. The van der Waals surface area contributed by atoms with Gasteiger partial charge in [-0.25, -0.2) is 9.59 Å². The van der Waals surface area contributed by atoms with E-state index in [4.69, 9.17) is 9.47 Å². The summed E-state index contributed by atoms with van der Waals surface area (Å²) in [7, 11) is 0. The quantitative estimate of drug-likeness (QED) is 0.327. The second kappa shape index (κ2) is 8.74. The number of esters is 2. The first-order valence-corrected chi connectivity index (χ1v) is 9.49. The molecule has 0 atom stereocenters. The number of benzene rings is 3. The van der Waals surface area contributed by atoms with E-state index < -0.39 is 17.4 Å². The maximum atomic E-state index is 13.2. The van der Waals surface area contributed by atoms with Gasteiger partial charge in [0.2, 0.25) is 0 Å². The van der Waals surface area contributed by atoms with Gasteiger partial charge in [0.05, 0.1) is 11.1 Å². The van der Waals surface area contributed by atoms with Crippen LogP contribution in [-0.2, 0) is 0 Å². The van der Waals surface area contributed by atoms with E-state index in [0.717, 1.165) is 0 Å². The molecule has 3 aromatic carbocycles. The van der Waals surface area contributed by atoms with Gasteiger partial charge in [0, 0.05) is 5.41 Å². The third-order valence-electron chi connectivity index (χ3n) is 4.32. The smallest absolute Gasteiger partial charge is 0.343 e. The van der Waals surface area contributed by atoms with Crippen LogP contribution in [0.5, 0.6) is 11.5 Å². The first-order valence-electron chi connectivity index (χ1n) is 9.49. The van der Waals surface area contributed by atoms with E-state index >= 15 is 0 Å². The van der Waals surface area contributed by atoms with Crippen molar-refractivity contribution in [1.29, 1.82) is 0 Å². The third-order valence-corrected chi connectivity index (χ3v) is 4.32.